The third kappa shape index (κ3) is 7.54. The second kappa shape index (κ2) is 12.3. The number of methoxy groups -OCH3 is 2. The van der Waals surface area contributed by atoms with E-state index in [2.05, 4.69) is 23.3 Å². The number of hydrogen-bond acceptors (Lipinski definition) is 4. The van der Waals surface area contributed by atoms with Crippen molar-refractivity contribution in [3.05, 3.63) is 48.0 Å². The van der Waals surface area contributed by atoms with E-state index in [4.69, 9.17) is 19.9 Å². The molecular formula is C20H28IN3O3. The van der Waals surface area contributed by atoms with Crippen molar-refractivity contribution in [3.63, 3.8) is 0 Å². The summed E-state index contributed by atoms with van der Waals surface area (Å²) >= 11 is 0. The predicted octanol–water partition coefficient (Wildman–Crippen LogP) is 4.08. The molecule has 3 N–H and O–H groups in total. The molecule has 0 bridgehead atoms. The molecular weight excluding hydrogens is 457 g/mol. The highest BCUT2D eigenvalue weighted by atomic mass is 127. The standard InChI is InChI=1S/C20H27N3O3.HI/c1-4-12-26-17-7-5-6-15(13-17)10-11-22-20(21)23-16-8-9-18(24-2)19(14-16)25-3;/h5-9,13-14H,4,10-12H2,1-3H3,(H3,21,22,23);1H. The number of guanidine groups is 1. The molecule has 2 aromatic rings. The van der Waals surface area contributed by atoms with E-state index in [1.165, 1.54) is 5.56 Å². The number of nitrogens with two attached hydrogens (primary N) is 1. The number of ether oxygens (including phenoxy) is 3. The Balaban J connectivity index is 0.00000364. The average molecular weight is 485 g/mol. The van der Waals surface area contributed by atoms with Crippen LogP contribution in [0.1, 0.15) is 18.9 Å². The summed E-state index contributed by atoms with van der Waals surface area (Å²) in [5, 5.41) is 3.06. The van der Waals surface area contributed by atoms with Crippen LogP contribution in [0.4, 0.5) is 5.69 Å². The fraction of sp³-hybridized carbons (Fsp3) is 0.350. The first-order valence-electron chi connectivity index (χ1n) is 8.67. The van der Waals surface area contributed by atoms with Gasteiger partial charge in [0.1, 0.15) is 5.75 Å². The summed E-state index contributed by atoms with van der Waals surface area (Å²) in [6.45, 7) is 3.40. The van der Waals surface area contributed by atoms with Crippen LogP contribution in [-0.2, 0) is 6.42 Å². The van der Waals surface area contributed by atoms with Crippen LogP contribution in [0, 0.1) is 0 Å². The average Bonchev–Trinajstić information content (AvgIpc) is 2.66. The first kappa shape index (κ1) is 22.9. The van der Waals surface area contributed by atoms with Crippen molar-refractivity contribution in [1.82, 2.24) is 0 Å². The summed E-state index contributed by atoms with van der Waals surface area (Å²) in [5.41, 5.74) is 7.93. The van der Waals surface area contributed by atoms with Gasteiger partial charge in [-0.3, -0.25) is 4.99 Å². The quantitative estimate of drug-likeness (QED) is 0.318. The molecule has 148 valence electrons. The van der Waals surface area contributed by atoms with Gasteiger partial charge in [0.25, 0.3) is 0 Å². The molecule has 0 fully saturated rings. The number of aliphatic imine (C=N–C) groups is 1. The minimum absolute atomic E-state index is 0. The number of nitrogens with zero attached hydrogens (tertiary/aromatic N) is 1. The zero-order valence-corrected chi connectivity index (χ0v) is 18.4. The lowest BCUT2D eigenvalue weighted by atomic mass is 10.1. The van der Waals surface area contributed by atoms with Crippen LogP contribution in [-0.4, -0.2) is 33.3 Å². The molecule has 0 atom stereocenters. The SMILES string of the molecule is CCCOc1cccc(CCN=C(N)Nc2ccc(OC)c(OC)c2)c1.I. The number of hydrogen-bond donors (Lipinski definition) is 2. The van der Waals surface area contributed by atoms with Gasteiger partial charge >= 0.3 is 0 Å². The smallest absolute Gasteiger partial charge is 0.193 e. The van der Waals surface area contributed by atoms with E-state index in [9.17, 15) is 0 Å². The molecule has 0 amide bonds. The zero-order chi connectivity index (χ0) is 18.8. The van der Waals surface area contributed by atoms with Crippen molar-refractivity contribution in [2.45, 2.75) is 19.8 Å². The third-order valence-electron chi connectivity index (χ3n) is 3.71. The fourth-order valence-corrected chi connectivity index (χ4v) is 2.42. The van der Waals surface area contributed by atoms with E-state index in [-0.39, 0.29) is 24.0 Å². The number of benzene rings is 2. The summed E-state index contributed by atoms with van der Waals surface area (Å²) in [7, 11) is 3.19. The van der Waals surface area contributed by atoms with Crippen molar-refractivity contribution in [3.8, 4) is 17.2 Å². The van der Waals surface area contributed by atoms with Gasteiger partial charge in [-0.25, -0.2) is 0 Å². The van der Waals surface area contributed by atoms with Crippen molar-refractivity contribution >= 4 is 35.6 Å². The maximum absolute atomic E-state index is 5.97. The molecule has 2 rings (SSSR count). The Hall–Kier alpha value is -2.16. The Morgan fingerprint density at radius 1 is 1.07 bits per heavy atom. The van der Waals surface area contributed by atoms with Gasteiger partial charge in [0.05, 0.1) is 20.8 Å². The van der Waals surface area contributed by atoms with Crippen LogP contribution in [0.25, 0.3) is 0 Å². The number of nitrogens with one attached hydrogen (secondary N) is 1. The third-order valence-corrected chi connectivity index (χ3v) is 3.71. The number of rotatable bonds is 9. The van der Waals surface area contributed by atoms with E-state index in [1.807, 2.05) is 36.4 Å². The second-order valence-electron chi connectivity index (χ2n) is 5.71. The zero-order valence-electron chi connectivity index (χ0n) is 16.0. The molecule has 0 heterocycles. The molecule has 0 aromatic heterocycles. The van der Waals surface area contributed by atoms with Gasteiger partial charge in [0.2, 0.25) is 0 Å². The molecule has 7 heteroatoms. The van der Waals surface area contributed by atoms with Crippen LogP contribution in [0.3, 0.4) is 0 Å². The Morgan fingerprint density at radius 3 is 2.56 bits per heavy atom. The Kier molecular flexibility index (Phi) is 10.4. The lowest BCUT2D eigenvalue weighted by Crippen LogP contribution is -2.23. The lowest BCUT2D eigenvalue weighted by molar-refractivity contribution is 0.317. The fourth-order valence-electron chi connectivity index (χ4n) is 2.42. The largest absolute Gasteiger partial charge is 0.494 e. The van der Waals surface area contributed by atoms with Crippen LogP contribution >= 0.6 is 24.0 Å². The molecule has 0 unspecified atom stereocenters. The topological polar surface area (TPSA) is 78.1 Å². The minimum atomic E-state index is 0. The molecule has 0 spiro atoms. The maximum Gasteiger partial charge on any atom is 0.193 e. The predicted molar refractivity (Wildman–Crippen MR) is 121 cm³/mol. The normalized spacial score (nSPS) is 10.7. The van der Waals surface area contributed by atoms with E-state index in [0.717, 1.165) is 30.9 Å². The molecule has 0 saturated heterocycles. The van der Waals surface area contributed by atoms with Crippen molar-refractivity contribution in [2.24, 2.45) is 10.7 Å². The maximum atomic E-state index is 5.97. The van der Waals surface area contributed by atoms with Crippen molar-refractivity contribution < 1.29 is 14.2 Å². The molecule has 2 aromatic carbocycles. The number of halogens is 1. The van der Waals surface area contributed by atoms with E-state index in [1.54, 1.807) is 14.2 Å². The van der Waals surface area contributed by atoms with Crippen LogP contribution in [0.15, 0.2) is 47.5 Å². The monoisotopic (exact) mass is 485 g/mol. The van der Waals surface area contributed by atoms with Gasteiger partial charge in [0.15, 0.2) is 17.5 Å². The van der Waals surface area contributed by atoms with Crippen LogP contribution in [0.5, 0.6) is 17.2 Å². The number of anilines is 1. The first-order valence-corrected chi connectivity index (χ1v) is 8.67. The summed E-state index contributed by atoms with van der Waals surface area (Å²) in [4.78, 5) is 4.38. The second-order valence-corrected chi connectivity index (χ2v) is 5.71. The van der Waals surface area contributed by atoms with Crippen LogP contribution < -0.4 is 25.3 Å². The highest BCUT2D eigenvalue weighted by molar-refractivity contribution is 14.0. The van der Waals surface area contributed by atoms with Crippen molar-refractivity contribution in [2.75, 3.05) is 32.7 Å². The van der Waals surface area contributed by atoms with Gasteiger partial charge in [-0.15, -0.1) is 24.0 Å². The summed E-state index contributed by atoms with van der Waals surface area (Å²) < 4.78 is 16.1. The molecule has 0 aliphatic rings. The molecule has 0 saturated carbocycles. The van der Waals surface area contributed by atoms with Gasteiger partial charge < -0.3 is 25.3 Å². The minimum Gasteiger partial charge on any atom is -0.494 e. The van der Waals surface area contributed by atoms with E-state index >= 15 is 0 Å². The molecule has 0 aliphatic carbocycles. The molecule has 27 heavy (non-hydrogen) atoms. The molecule has 0 radical (unpaired) electrons. The van der Waals surface area contributed by atoms with Gasteiger partial charge in [-0.05, 0) is 42.7 Å². The Labute approximate surface area is 178 Å². The van der Waals surface area contributed by atoms with E-state index in [0.29, 0.717) is 24.0 Å². The summed E-state index contributed by atoms with van der Waals surface area (Å²) in [6, 6.07) is 13.6. The summed E-state index contributed by atoms with van der Waals surface area (Å²) in [6.07, 6.45) is 1.78. The first-order chi connectivity index (χ1) is 12.7. The Bertz CT molecular complexity index is 738. The molecule has 0 aliphatic heterocycles. The lowest BCUT2D eigenvalue weighted by Gasteiger charge is -2.11. The highest BCUT2D eigenvalue weighted by Crippen LogP contribution is 2.29. The van der Waals surface area contributed by atoms with Crippen LogP contribution in [0.2, 0.25) is 0 Å². The molecule has 6 nitrogen and oxygen atoms in total. The van der Waals surface area contributed by atoms with Gasteiger partial charge in [-0.2, -0.15) is 0 Å². The van der Waals surface area contributed by atoms with Gasteiger partial charge in [0, 0.05) is 18.3 Å². The highest BCUT2D eigenvalue weighted by Gasteiger charge is 2.05. The van der Waals surface area contributed by atoms with E-state index < -0.39 is 0 Å². The van der Waals surface area contributed by atoms with Crippen molar-refractivity contribution in [1.29, 1.82) is 0 Å². The summed E-state index contributed by atoms with van der Waals surface area (Å²) in [5.74, 6) is 2.55. The Morgan fingerprint density at radius 2 is 1.85 bits per heavy atom. The van der Waals surface area contributed by atoms with Gasteiger partial charge in [-0.1, -0.05) is 19.1 Å².